The van der Waals surface area contributed by atoms with E-state index in [9.17, 15) is 4.79 Å². The molecule has 3 rings (SSSR count). The van der Waals surface area contributed by atoms with Crippen molar-refractivity contribution in [3.63, 3.8) is 0 Å². The normalized spacial score (nSPS) is 14.8. The van der Waals surface area contributed by atoms with Gasteiger partial charge in [-0.15, -0.1) is 5.10 Å². The third-order valence-electron chi connectivity index (χ3n) is 5.04. The molecule has 6 heteroatoms. The molecule has 1 aromatic carbocycles. The van der Waals surface area contributed by atoms with E-state index in [1.165, 1.54) is 5.56 Å². The van der Waals surface area contributed by atoms with Crippen molar-refractivity contribution in [3.8, 4) is 0 Å². The highest BCUT2D eigenvalue weighted by atomic mass is 16.2. The number of carbonyl (C=O) groups is 1. The Bertz CT molecular complexity index is 696. The van der Waals surface area contributed by atoms with Gasteiger partial charge in [-0.05, 0) is 56.2 Å². The molecule has 0 atom stereocenters. The van der Waals surface area contributed by atoms with Gasteiger partial charge < -0.3 is 15.5 Å². The van der Waals surface area contributed by atoms with Crippen LogP contribution in [-0.2, 0) is 6.42 Å². The number of hydrogen-bond acceptors (Lipinski definition) is 4. The molecule has 2 heterocycles. The third kappa shape index (κ3) is 6.24. The monoisotopic (exact) mass is 367 g/mol. The second kappa shape index (κ2) is 9.90. The van der Waals surface area contributed by atoms with Gasteiger partial charge in [-0.25, -0.2) is 4.79 Å². The van der Waals surface area contributed by atoms with Crippen molar-refractivity contribution in [3.05, 3.63) is 53.7 Å². The van der Waals surface area contributed by atoms with Crippen LogP contribution >= 0.6 is 0 Å². The maximum absolute atomic E-state index is 12.0. The van der Waals surface area contributed by atoms with Gasteiger partial charge in [-0.1, -0.05) is 30.3 Å². The van der Waals surface area contributed by atoms with Gasteiger partial charge in [-0.3, -0.25) is 0 Å². The molecular weight excluding hydrogens is 338 g/mol. The number of urea groups is 1. The summed E-state index contributed by atoms with van der Waals surface area (Å²) in [5, 5.41) is 14.4. The number of aromatic nitrogens is 2. The van der Waals surface area contributed by atoms with Crippen LogP contribution in [0.1, 0.15) is 30.5 Å². The molecule has 2 N–H and O–H groups in total. The number of piperidine rings is 1. The zero-order valence-corrected chi connectivity index (χ0v) is 16.0. The summed E-state index contributed by atoms with van der Waals surface area (Å²) in [7, 11) is 0. The Morgan fingerprint density at radius 3 is 2.56 bits per heavy atom. The van der Waals surface area contributed by atoms with Crippen molar-refractivity contribution in [2.45, 2.75) is 32.6 Å². The molecule has 0 saturated carbocycles. The summed E-state index contributed by atoms with van der Waals surface area (Å²) in [4.78, 5) is 14.2. The summed E-state index contributed by atoms with van der Waals surface area (Å²) in [5.74, 6) is 1.47. The number of amides is 2. The zero-order valence-electron chi connectivity index (χ0n) is 16.0. The highest BCUT2D eigenvalue weighted by molar-refractivity contribution is 5.73. The van der Waals surface area contributed by atoms with Crippen LogP contribution < -0.4 is 15.5 Å². The van der Waals surface area contributed by atoms with Crippen LogP contribution in [0.2, 0.25) is 0 Å². The molecule has 144 valence electrons. The van der Waals surface area contributed by atoms with E-state index in [2.05, 4.69) is 37.9 Å². The molecule has 1 aliphatic rings. The van der Waals surface area contributed by atoms with Crippen molar-refractivity contribution >= 4 is 11.8 Å². The Morgan fingerprint density at radius 1 is 1.07 bits per heavy atom. The van der Waals surface area contributed by atoms with Gasteiger partial charge >= 0.3 is 6.03 Å². The van der Waals surface area contributed by atoms with Crippen molar-refractivity contribution in [1.82, 2.24) is 20.8 Å². The van der Waals surface area contributed by atoms with Crippen LogP contribution in [0.3, 0.4) is 0 Å². The average molecular weight is 367 g/mol. The number of aryl methyl sites for hydroxylation is 2. The fourth-order valence-electron chi connectivity index (χ4n) is 3.37. The Labute approximate surface area is 161 Å². The number of nitrogens with zero attached hydrogens (tertiary/aromatic N) is 3. The number of hydrogen-bond donors (Lipinski definition) is 2. The Balaban J connectivity index is 1.28. The number of carbonyl (C=O) groups excluding carboxylic acids is 1. The summed E-state index contributed by atoms with van der Waals surface area (Å²) >= 11 is 0. The summed E-state index contributed by atoms with van der Waals surface area (Å²) < 4.78 is 0. The lowest BCUT2D eigenvalue weighted by atomic mass is 9.97. The minimum atomic E-state index is -0.0603. The predicted molar refractivity (Wildman–Crippen MR) is 108 cm³/mol. The molecule has 1 saturated heterocycles. The Morgan fingerprint density at radius 2 is 1.85 bits per heavy atom. The maximum atomic E-state index is 12.0. The van der Waals surface area contributed by atoms with Crippen molar-refractivity contribution in [2.24, 2.45) is 5.92 Å². The maximum Gasteiger partial charge on any atom is 0.314 e. The second-order valence-electron chi connectivity index (χ2n) is 7.19. The smallest absolute Gasteiger partial charge is 0.314 e. The molecule has 1 aliphatic heterocycles. The van der Waals surface area contributed by atoms with Crippen LogP contribution in [-0.4, -0.2) is 42.4 Å². The van der Waals surface area contributed by atoms with E-state index >= 15 is 0 Å². The largest absolute Gasteiger partial charge is 0.355 e. The molecule has 27 heavy (non-hydrogen) atoms. The fraction of sp³-hybridized carbons (Fsp3) is 0.476. The SMILES string of the molecule is Cc1ccc(N2CCC(CNC(=O)NCCCc3ccccc3)CC2)nn1. The number of nitrogens with one attached hydrogen (secondary N) is 2. The predicted octanol–water partition coefficient (Wildman–Crippen LogP) is 2.93. The molecule has 2 aromatic rings. The second-order valence-corrected chi connectivity index (χ2v) is 7.19. The van der Waals surface area contributed by atoms with E-state index in [0.29, 0.717) is 12.5 Å². The lowest BCUT2D eigenvalue weighted by Crippen LogP contribution is -2.42. The van der Waals surface area contributed by atoms with E-state index in [1.807, 2.05) is 37.3 Å². The topological polar surface area (TPSA) is 70.2 Å². The van der Waals surface area contributed by atoms with E-state index < -0.39 is 0 Å². The highest BCUT2D eigenvalue weighted by Crippen LogP contribution is 2.20. The Hall–Kier alpha value is -2.63. The van der Waals surface area contributed by atoms with Crippen molar-refractivity contribution in [1.29, 1.82) is 0 Å². The van der Waals surface area contributed by atoms with Crippen LogP contribution in [0.15, 0.2) is 42.5 Å². The molecular formula is C21H29N5O. The van der Waals surface area contributed by atoms with Crippen molar-refractivity contribution < 1.29 is 4.79 Å². The van der Waals surface area contributed by atoms with Crippen molar-refractivity contribution in [2.75, 3.05) is 31.1 Å². The van der Waals surface area contributed by atoms with Crippen LogP contribution in [0.5, 0.6) is 0 Å². The average Bonchev–Trinajstić information content (AvgIpc) is 2.71. The molecule has 0 unspecified atom stereocenters. The first-order valence-corrected chi connectivity index (χ1v) is 9.81. The van der Waals surface area contributed by atoms with E-state index in [0.717, 1.165) is 56.8 Å². The van der Waals surface area contributed by atoms with Gasteiger partial charge in [0.2, 0.25) is 0 Å². The van der Waals surface area contributed by atoms with Crippen LogP contribution in [0, 0.1) is 12.8 Å². The lowest BCUT2D eigenvalue weighted by molar-refractivity contribution is 0.237. The minimum Gasteiger partial charge on any atom is -0.355 e. The molecule has 0 aliphatic carbocycles. The molecule has 0 bridgehead atoms. The molecule has 0 spiro atoms. The first kappa shape index (κ1) is 19.1. The molecule has 0 radical (unpaired) electrons. The summed E-state index contributed by atoms with van der Waals surface area (Å²) in [6.07, 6.45) is 4.06. The summed E-state index contributed by atoms with van der Waals surface area (Å²) in [6.45, 7) is 5.30. The first-order chi connectivity index (χ1) is 13.2. The minimum absolute atomic E-state index is 0.0603. The highest BCUT2D eigenvalue weighted by Gasteiger charge is 2.20. The quantitative estimate of drug-likeness (QED) is 0.738. The molecule has 1 aromatic heterocycles. The number of anilines is 1. The zero-order chi connectivity index (χ0) is 18.9. The standard InChI is InChI=1S/C21H29N5O/c1-17-9-10-20(25-24-17)26-14-11-19(12-15-26)16-23-21(27)22-13-5-8-18-6-3-2-4-7-18/h2-4,6-7,9-10,19H,5,8,11-16H2,1H3,(H2,22,23,27). The van der Waals surface area contributed by atoms with Gasteiger partial charge in [0.1, 0.15) is 0 Å². The summed E-state index contributed by atoms with van der Waals surface area (Å²) in [6, 6.07) is 14.3. The number of rotatable bonds is 7. The first-order valence-electron chi connectivity index (χ1n) is 9.81. The molecule has 1 fully saturated rings. The molecule has 6 nitrogen and oxygen atoms in total. The van der Waals surface area contributed by atoms with Crippen LogP contribution in [0.4, 0.5) is 10.6 Å². The van der Waals surface area contributed by atoms with Gasteiger partial charge in [0.15, 0.2) is 5.82 Å². The van der Waals surface area contributed by atoms with Crippen LogP contribution in [0.25, 0.3) is 0 Å². The Kier molecular flexibility index (Phi) is 7.02. The lowest BCUT2D eigenvalue weighted by Gasteiger charge is -2.32. The third-order valence-corrected chi connectivity index (χ3v) is 5.04. The van der Waals surface area contributed by atoms with E-state index in [-0.39, 0.29) is 6.03 Å². The summed E-state index contributed by atoms with van der Waals surface area (Å²) in [5.41, 5.74) is 2.25. The molecule has 2 amide bonds. The van der Waals surface area contributed by atoms with Gasteiger partial charge in [0, 0.05) is 26.2 Å². The van der Waals surface area contributed by atoms with E-state index in [1.54, 1.807) is 0 Å². The number of benzene rings is 1. The fourth-order valence-corrected chi connectivity index (χ4v) is 3.37. The van der Waals surface area contributed by atoms with E-state index in [4.69, 9.17) is 0 Å². The van der Waals surface area contributed by atoms with Gasteiger partial charge in [0.25, 0.3) is 0 Å². The van der Waals surface area contributed by atoms with Gasteiger partial charge in [0.05, 0.1) is 5.69 Å². The van der Waals surface area contributed by atoms with Gasteiger partial charge in [-0.2, -0.15) is 5.10 Å².